The number of hydrogen-bond donors (Lipinski definition) is 2. The van der Waals surface area contributed by atoms with Gasteiger partial charge >= 0.3 is 0 Å². The van der Waals surface area contributed by atoms with Gasteiger partial charge in [-0.05, 0) is 42.8 Å². The molecule has 2 N–H and O–H groups in total. The zero-order valence-electron chi connectivity index (χ0n) is 14.9. The highest BCUT2D eigenvalue weighted by atomic mass is 16.5. The Morgan fingerprint density at radius 1 is 1.26 bits per heavy atom. The highest BCUT2D eigenvalue weighted by molar-refractivity contribution is 6.06. The van der Waals surface area contributed by atoms with Crippen LogP contribution in [-0.4, -0.2) is 32.8 Å². The number of ether oxygens (including phenoxy) is 1. The molecular weight excluding hydrogens is 344 g/mol. The molecule has 0 saturated heterocycles. The molecule has 4 rings (SSSR count). The van der Waals surface area contributed by atoms with Crippen molar-refractivity contribution in [2.75, 3.05) is 17.7 Å². The second kappa shape index (κ2) is 6.91. The summed E-state index contributed by atoms with van der Waals surface area (Å²) in [5, 5.41) is 10.4. The summed E-state index contributed by atoms with van der Waals surface area (Å²) >= 11 is 0. The summed E-state index contributed by atoms with van der Waals surface area (Å²) in [6.45, 7) is 1.85. The van der Waals surface area contributed by atoms with E-state index in [1.165, 1.54) is 6.33 Å². The molecule has 1 atom stereocenters. The van der Waals surface area contributed by atoms with E-state index in [0.717, 1.165) is 17.0 Å². The average Bonchev–Trinajstić information content (AvgIpc) is 3.16. The largest absolute Gasteiger partial charge is 0.497 e. The van der Waals surface area contributed by atoms with E-state index < -0.39 is 6.04 Å². The average molecular weight is 362 g/mol. The number of fused-ring (bicyclic) bond motifs is 1. The van der Waals surface area contributed by atoms with Gasteiger partial charge in [0.05, 0.1) is 12.7 Å². The lowest BCUT2D eigenvalue weighted by Crippen LogP contribution is -2.31. The Bertz CT molecular complexity index is 995. The van der Waals surface area contributed by atoms with Crippen LogP contribution < -0.4 is 15.4 Å². The quantitative estimate of drug-likeness (QED) is 0.741. The van der Waals surface area contributed by atoms with Crippen LogP contribution in [0.25, 0.3) is 0 Å². The second-order valence-electron chi connectivity index (χ2n) is 6.06. The van der Waals surface area contributed by atoms with Crippen molar-refractivity contribution in [2.45, 2.75) is 13.0 Å². The van der Waals surface area contributed by atoms with Crippen LogP contribution in [0.5, 0.6) is 5.75 Å². The van der Waals surface area contributed by atoms with E-state index in [2.05, 4.69) is 25.7 Å². The number of carbonyl (C=O) groups is 1. The van der Waals surface area contributed by atoms with Crippen molar-refractivity contribution in [1.82, 2.24) is 19.7 Å². The molecule has 0 bridgehead atoms. The van der Waals surface area contributed by atoms with E-state index >= 15 is 0 Å². The van der Waals surface area contributed by atoms with E-state index in [9.17, 15) is 4.79 Å². The molecule has 8 heteroatoms. The number of carbonyl (C=O) groups excluding carboxylic acids is 1. The van der Waals surface area contributed by atoms with E-state index in [0.29, 0.717) is 17.2 Å². The zero-order valence-corrected chi connectivity index (χ0v) is 14.9. The molecule has 27 heavy (non-hydrogen) atoms. The summed E-state index contributed by atoms with van der Waals surface area (Å²) in [5.74, 6) is 1.09. The number of pyridine rings is 1. The first-order valence-corrected chi connectivity index (χ1v) is 8.40. The van der Waals surface area contributed by atoms with Crippen LogP contribution in [0.3, 0.4) is 0 Å². The van der Waals surface area contributed by atoms with Gasteiger partial charge in [0.15, 0.2) is 0 Å². The Morgan fingerprint density at radius 3 is 2.78 bits per heavy atom. The summed E-state index contributed by atoms with van der Waals surface area (Å²) in [6.07, 6.45) is 4.89. The molecule has 1 amide bonds. The van der Waals surface area contributed by atoms with Gasteiger partial charge in [-0.1, -0.05) is 6.07 Å². The van der Waals surface area contributed by atoms with Gasteiger partial charge in [-0.15, -0.1) is 0 Å². The van der Waals surface area contributed by atoms with Crippen molar-refractivity contribution in [2.24, 2.45) is 0 Å². The fourth-order valence-corrected chi connectivity index (χ4v) is 3.10. The third-order valence-electron chi connectivity index (χ3n) is 4.39. The van der Waals surface area contributed by atoms with Gasteiger partial charge < -0.3 is 15.4 Å². The van der Waals surface area contributed by atoms with Crippen LogP contribution in [0.1, 0.15) is 18.5 Å². The third kappa shape index (κ3) is 3.12. The summed E-state index contributed by atoms with van der Waals surface area (Å²) in [6, 6.07) is 10.5. The maximum absolute atomic E-state index is 13.1. The van der Waals surface area contributed by atoms with Crippen LogP contribution in [0.4, 0.5) is 11.6 Å². The van der Waals surface area contributed by atoms with Gasteiger partial charge in [0.1, 0.15) is 18.1 Å². The predicted molar refractivity (Wildman–Crippen MR) is 100 cm³/mol. The molecule has 0 saturated carbocycles. The Hall–Kier alpha value is -3.68. The predicted octanol–water partition coefficient (Wildman–Crippen LogP) is 2.61. The highest BCUT2D eigenvalue weighted by Crippen LogP contribution is 2.34. The number of nitrogens with zero attached hydrogens (tertiary/aromatic N) is 4. The van der Waals surface area contributed by atoms with Crippen molar-refractivity contribution in [3.63, 3.8) is 0 Å². The molecule has 0 unspecified atom stereocenters. The lowest BCUT2D eigenvalue weighted by atomic mass is 9.96. The van der Waals surface area contributed by atoms with Crippen molar-refractivity contribution < 1.29 is 9.53 Å². The molecule has 1 aromatic carbocycles. The molecule has 1 aliphatic rings. The summed E-state index contributed by atoms with van der Waals surface area (Å²) in [4.78, 5) is 21.5. The van der Waals surface area contributed by atoms with Gasteiger partial charge in [-0.2, -0.15) is 10.1 Å². The van der Waals surface area contributed by atoms with Crippen LogP contribution in [0, 0.1) is 0 Å². The Kier molecular flexibility index (Phi) is 4.29. The molecule has 3 heterocycles. The maximum Gasteiger partial charge on any atom is 0.255 e. The number of allylic oxidation sites excluding steroid dienone is 1. The van der Waals surface area contributed by atoms with Gasteiger partial charge in [0.2, 0.25) is 5.95 Å². The number of aromatic nitrogens is 4. The van der Waals surface area contributed by atoms with Gasteiger partial charge in [0, 0.05) is 23.8 Å². The number of nitrogens with one attached hydrogen (secondary N) is 2. The highest BCUT2D eigenvalue weighted by Gasteiger charge is 2.33. The molecule has 1 aliphatic heterocycles. The molecule has 0 fully saturated rings. The number of anilines is 2. The standard InChI is InChI=1S/C19H18N6O2/c1-12-16(18(26)24-14-5-7-15(27-2)8-6-14)17(13-4-3-9-20-10-13)25-19(23-12)21-11-22-25/h3-11,17H,1-2H3,(H,24,26)(H,21,22,23)/t17-/m1/s1. The molecule has 136 valence electrons. The van der Waals surface area contributed by atoms with E-state index in [1.54, 1.807) is 48.5 Å². The van der Waals surface area contributed by atoms with Gasteiger partial charge in [0.25, 0.3) is 5.91 Å². The Morgan fingerprint density at radius 2 is 2.07 bits per heavy atom. The van der Waals surface area contributed by atoms with Crippen molar-refractivity contribution in [3.8, 4) is 5.75 Å². The van der Waals surface area contributed by atoms with Crippen LogP contribution in [0.2, 0.25) is 0 Å². The zero-order chi connectivity index (χ0) is 18.8. The number of benzene rings is 1. The number of amides is 1. The second-order valence-corrected chi connectivity index (χ2v) is 6.06. The molecular formula is C19H18N6O2. The third-order valence-corrected chi connectivity index (χ3v) is 4.39. The molecule has 0 spiro atoms. The first kappa shape index (κ1) is 16.8. The van der Waals surface area contributed by atoms with E-state index in [4.69, 9.17) is 4.74 Å². The SMILES string of the molecule is COc1ccc(NC(=O)C2=C(C)Nc3ncnn3[C@@H]2c2cccnc2)cc1. The molecule has 2 aromatic heterocycles. The normalized spacial score (nSPS) is 15.7. The molecule has 3 aromatic rings. The summed E-state index contributed by atoms with van der Waals surface area (Å²) < 4.78 is 6.84. The fraction of sp³-hybridized carbons (Fsp3) is 0.158. The Labute approximate surface area is 155 Å². The first-order valence-electron chi connectivity index (χ1n) is 8.40. The lowest BCUT2D eigenvalue weighted by Gasteiger charge is -2.28. The van der Waals surface area contributed by atoms with Crippen LogP contribution in [-0.2, 0) is 4.79 Å². The van der Waals surface area contributed by atoms with E-state index in [1.807, 2.05) is 19.1 Å². The number of methoxy groups -OCH3 is 1. The molecule has 0 radical (unpaired) electrons. The van der Waals surface area contributed by atoms with Gasteiger partial charge in [-0.3, -0.25) is 9.78 Å². The monoisotopic (exact) mass is 362 g/mol. The van der Waals surface area contributed by atoms with Crippen LogP contribution >= 0.6 is 0 Å². The van der Waals surface area contributed by atoms with Gasteiger partial charge in [-0.25, -0.2) is 4.68 Å². The number of rotatable bonds is 4. The molecule has 0 aliphatic carbocycles. The minimum atomic E-state index is -0.421. The maximum atomic E-state index is 13.1. The summed E-state index contributed by atoms with van der Waals surface area (Å²) in [5.41, 5.74) is 2.80. The fourth-order valence-electron chi connectivity index (χ4n) is 3.10. The topological polar surface area (TPSA) is 94.0 Å². The lowest BCUT2D eigenvalue weighted by molar-refractivity contribution is -0.113. The minimum Gasteiger partial charge on any atom is -0.497 e. The van der Waals surface area contributed by atoms with Crippen LogP contribution in [0.15, 0.2) is 66.4 Å². The smallest absolute Gasteiger partial charge is 0.255 e. The summed E-state index contributed by atoms with van der Waals surface area (Å²) in [7, 11) is 1.60. The van der Waals surface area contributed by atoms with Crippen molar-refractivity contribution in [3.05, 3.63) is 72.0 Å². The minimum absolute atomic E-state index is 0.222. The Balaban J connectivity index is 1.70. The van der Waals surface area contributed by atoms with Crippen molar-refractivity contribution in [1.29, 1.82) is 0 Å². The van der Waals surface area contributed by atoms with Crippen molar-refractivity contribution >= 4 is 17.5 Å². The first-order chi connectivity index (χ1) is 13.2. The molecule has 8 nitrogen and oxygen atoms in total. The van der Waals surface area contributed by atoms with E-state index in [-0.39, 0.29) is 5.91 Å². The number of hydrogen-bond acceptors (Lipinski definition) is 6.